The lowest BCUT2D eigenvalue weighted by molar-refractivity contribution is -0.144. The van der Waals surface area contributed by atoms with Crippen LogP contribution in [0, 0.1) is 11.8 Å². The summed E-state index contributed by atoms with van der Waals surface area (Å²) in [6, 6.07) is 0. The molecule has 0 aliphatic heterocycles. The molecule has 4 nitrogen and oxygen atoms in total. The van der Waals surface area contributed by atoms with Gasteiger partial charge in [0.25, 0.3) is 0 Å². The maximum atomic E-state index is 11.6. The molecule has 0 aromatic carbocycles. The summed E-state index contributed by atoms with van der Waals surface area (Å²) >= 11 is 0. The Morgan fingerprint density at radius 1 is 0.548 bits per heavy atom. The van der Waals surface area contributed by atoms with Gasteiger partial charge in [0.15, 0.2) is 0 Å². The molecule has 0 amide bonds. The predicted octanol–water partition coefficient (Wildman–Crippen LogP) is 8.02. The van der Waals surface area contributed by atoms with Crippen LogP contribution in [0.25, 0.3) is 0 Å². The molecule has 0 fully saturated rings. The highest BCUT2D eigenvalue weighted by Crippen LogP contribution is 2.24. The van der Waals surface area contributed by atoms with Crippen LogP contribution < -0.4 is 0 Å². The number of carbonyl (C=O) groups excluding carboxylic acids is 2. The van der Waals surface area contributed by atoms with Gasteiger partial charge in [-0.2, -0.15) is 0 Å². The highest BCUT2D eigenvalue weighted by Gasteiger charge is 2.15. The van der Waals surface area contributed by atoms with Gasteiger partial charge in [-0.3, -0.25) is 9.59 Å². The Bertz CT molecular complexity index is 419. The standard InChI is InChI=1S/C27H52O4/c1-5-30-26(28)21-19-17-15-13-11-9-7-8-10-12-14-16-18-20-25(24(3)4)22-23-27(29)31-6-2/h24-25H,5-23H2,1-4H3. The van der Waals surface area contributed by atoms with Crippen LogP contribution in [0.4, 0.5) is 0 Å². The van der Waals surface area contributed by atoms with E-state index in [0.717, 1.165) is 19.3 Å². The Morgan fingerprint density at radius 2 is 0.935 bits per heavy atom. The molecule has 0 bridgehead atoms. The van der Waals surface area contributed by atoms with Gasteiger partial charge in [0.1, 0.15) is 0 Å². The average molecular weight is 441 g/mol. The Morgan fingerprint density at radius 3 is 1.35 bits per heavy atom. The minimum atomic E-state index is -0.0451. The third-order valence-corrected chi connectivity index (χ3v) is 6.23. The largest absolute Gasteiger partial charge is 0.466 e. The smallest absolute Gasteiger partial charge is 0.305 e. The SMILES string of the molecule is CCOC(=O)CCCCCCCCCCCCCCCC(CCC(=O)OCC)C(C)C. The Labute approximate surface area is 193 Å². The molecule has 1 unspecified atom stereocenters. The zero-order valence-electron chi connectivity index (χ0n) is 21.2. The molecule has 0 spiro atoms. The third-order valence-electron chi connectivity index (χ3n) is 6.23. The summed E-state index contributed by atoms with van der Waals surface area (Å²) in [4.78, 5) is 22.8. The molecule has 0 N–H and O–H groups in total. The number of hydrogen-bond donors (Lipinski definition) is 0. The van der Waals surface area contributed by atoms with Gasteiger partial charge < -0.3 is 9.47 Å². The van der Waals surface area contributed by atoms with Crippen molar-refractivity contribution < 1.29 is 19.1 Å². The van der Waals surface area contributed by atoms with E-state index in [1.54, 1.807) is 0 Å². The van der Waals surface area contributed by atoms with Gasteiger partial charge in [0.2, 0.25) is 0 Å². The molecule has 184 valence electrons. The van der Waals surface area contributed by atoms with Crippen molar-refractivity contribution in [3.63, 3.8) is 0 Å². The second-order valence-electron chi connectivity index (χ2n) is 9.29. The van der Waals surface area contributed by atoms with Crippen LogP contribution in [0.1, 0.15) is 137 Å². The van der Waals surface area contributed by atoms with Crippen molar-refractivity contribution >= 4 is 11.9 Å². The topological polar surface area (TPSA) is 52.6 Å². The lowest BCUT2D eigenvalue weighted by atomic mass is 9.86. The van der Waals surface area contributed by atoms with Crippen LogP contribution in [-0.4, -0.2) is 25.2 Å². The molecule has 0 aromatic heterocycles. The van der Waals surface area contributed by atoms with Gasteiger partial charge in [0, 0.05) is 12.8 Å². The summed E-state index contributed by atoms with van der Waals surface area (Å²) < 4.78 is 10.0. The number of hydrogen-bond acceptors (Lipinski definition) is 4. The van der Waals surface area contributed by atoms with E-state index < -0.39 is 0 Å². The highest BCUT2D eigenvalue weighted by molar-refractivity contribution is 5.69. The molecule has 0 radical (unpaired) electrons. The first-order valence-electron chi connectivity index (χ1n) is 13.3. The van der Waals surface area contributed by atoms with Gasteiger partial charge in [-0.05, 0) is 38.5 Å². The Kier molecular flexibility index (Phi) is 21.4. The summed E-state index contributed by atoms with van der Waals surface area (Å²) in [5, 5.41) is 0. The first-order chi connectivity index (χ1) is 15.0. The fraction of sp³-hybridized carbons (Fsp3) is 0.926. The van der Waals surface area contributed by atoms with E-state index in [1.165, 1.54) is 77.0 Å². The van der Waals surface area contributed by atoms with Gasteiger partial charge in [-0.25, -0.2) is 0 Å². The van der Waals surface area contributed by atoms with Gasteiger partial charge in [-0.15, -0.1) is 0 Å². The number of unbranched alkanes of at least 4 members (excludes halogenated alkanes) is 12. The second kappa shape index (κ2) is 22.1. The molecule has 0 saturated carbocycles. The van der Waals surface area contributed by atoms with Crippen LogP contribution in [0.2, 0.25) is 0 Å². The van der Waals surface area contributed by atoms with E-state index in [4.69, 9.17) is 9.47 Å². The van der Waals surface area contributed by atoms with E-state index in [9.17, 15) is 9.59 Å². The highest BCUT2D eigenvalue weighted by atomic mass is 16.5. The van der Waals surface area contributed by atoms with Gasteiger partial charge in [0.05, 0.1) is 13.2 Å². The second-order valence-corrected chi connectivity index (χ2v) is 9.29. The van der Waals surface area contributed by atoms with Crippen LogP contribution in [0.15, 0.2) is 0 Å². The van der Waals surface area contributed by atoms with Crippen molar-refractivity contribution in [3.05, 3.63) is 0 Å². The molecule has 0 aliphatic carbocycles. The van der Waals surface area contributed by atoms with Crippen LogP contribution in [0.3, 0.4) is 0 Å². The van der Waals surface area contributed by atoms with Crippen molar-refractivity contribution in [1.82, 2.24) is 0 Å². The van der Waals surface area contributed by atoms with Crippen molar-refractivity contribution in [2.45, 2.75) is 137 Å². The fourth-order valence-corrected chi connectivity index (χ4v) is 4.20. The van der Waals surface area contributed by atoms with Crippen LogP contribution in [-0.2, 0) is 19.1 Å². The molecule has 0 aromatic rings. The van der Waals surface area contributed by atoms with Crippen LogP contribution >= 0.6 is 0 Å². The lowest BCUT2D eigenvalue weighted by Gasteiger charge is -2.20. The zero-order valence-corrected chi connectivity index (χ0v) is 21.2. The zero-order chi connectivity index (χ0) is 23.2. The van der Waals surface area contributed by atoms with Crippen molar-refractivity contribution in [2.24, 2.45) is 11.8 Å². The molecule has 0 heterocycles. The molecule has 0 saturated heterocycles. The first-order valence-corrected chi connectivity index (χ1v) is 13.3. The van der Waals surface area contributed by atoms with Crippen molar-refractivity contribution in [3.8, 4) is 0 Å². The molecular formula is C27H52O4. The minimum absolute atomic E-state index is 0.0397. The summed E-state index contributed by atoms with van der Waals surface area (Å²) in [7, 11) is 0. The lowest BCUT2D eigenvalue weighted by Crippen LogP contribution is -2.12. The summed E-state index contributed by atoms with van der Waals surface area (Å²) in [6.07, 6.45) is 20.2. The Balaban J connectivity index is 3.41. The van der Waals surface area contributed by atoms with E-state index >= 15 is 0 Å². The molecule has 1 atom stereocenters. The molecule has 0 rings (SSSR count). The fourth-order valence-electron chi connectivity index (χ4n) is 4.20. The molecule has 0 aliphatic rings. The quantitative estimate of drug-likeness (QED) is 0.126. The third kappa shape index (κ3) is 20.6. The van der Waals surface area contributed by atoms with E-state index in [0.29, 0.717) is 37.9 Å². The van der Waals surface area contributed by atoms with Crippen molar-refractivity contribution in [1.29, 1.82) is 0 Å². The molecular weight excluding hydrogens is 388 g/mol. The average Bonchev–Trinajstić information content (AvgIpc) is 2.73. The number of ether oxygens (including phenoxy) is 2. The normalized spacial score (nSPS) is 12.2. The van der Waals surface area contributed by atoms with Gasteiger partial charge >= 0.3 is 11.9 Å². The minimum Gasteiger partial charge on any atom is -0.466 e. The van der Waals surface area contributed by atoms with E-state index in [2.05, 4.69) is 13.8 Å². The maximum absolute atomic E-state index is 11.6. The number of esters is 2. The molecule has 31 heavy (non-hydrogen) atoms. The monoisotopic (exact) mass is 440 g/mol. The van der Waals surface area contributed by atoms with Crippen LogP contribution in [0.5, 0.6) is 0 Å². The van der Waals surface area contributed by atoms with E-state index in [-0.39, 0.29) is 11.9 Å². The van der Waals surface area contributed by atoms with E-state index in [1.807, 2.05) is 13.8 Å². The predicted molar refractivity (Wildman–Crippen MR) is 130 cm³/mol. The Hall–Kier alpha value is -1.06. The maximum Gasteiger partial charge on any atom is 0.305 e. The number of rotatable bonds is 22. The van der Waals surface area contributed by atoms with Crippen molar-refractivity contribution in [2.75, 3.05) is 13.2 Å². The van der Waals surface area contributed by atoms with Gasteiger partial charge in [-0.1, -0.05) is 97.3 Å². The summed E-state index contributed by atoms with van der Waals surface area (Å²) in [6.45, 7) is 9.27. The molecule has 4 heteroatoms. The summed E-state index contributed by atoms with van der Waals surface area (Å²) in [5.74, 6) is 1.21. The first kappa shape index (κ1) is 29.9. The number of carbonyl (C=O) groups is 2. The summed E-state index contributed by atoms with van der Waals surface area (Å²) in [5.41, 5.74) is 0.